The van der Waals surface area contributed by atoms with Crippen molar-refractivity contribution in [2.45, 2.75) is 25.4 Å². The molecule has 0 spiro atoms. The molecule has 3 rings (SSSR count). The number of furan rings is 1. The quantitative estimate of drug-likeness (QED) is 0.889. The maximum Gasteiger partial charge on any atom is 0.287 e. The van der Waals surface area contributed by atoms with E-state index >= 15 is 0 Å². The molecular weight excluding hydrogens is 282 g/mol. The molecule has 1 saturated heterocycles. The summed E-state index contributed by atoms with van der Waals surface area (Å²) in [5.41, 5.74) is 0.704. The van der Waals surface area contributed by atoms with Gasteiger partial charge in [-0.2, -0.15) is 0 Å². The van der Waals surface area contributed by atoms with Gasteiger partial charge >= 0.3 is 0 Å². The molecule has 1 unspecified atom stereocenters. The lowest BCUT2D eigenvalue weighted by molar-refractivity contribution is 0.00525. The minimum Gasteiger partial charge on any atom is -0.451 e. The number of rotatable bonds is 5. The topological polar surface area (TPSA) is 71.7 Å². The van der Waals surface area contributed by atoms with Crippen LogP contribution in [0.15, 0.2) is 34.7 Å². The van der Waals surface area contributed by atoms with Crippen molar-refractivity contribution in [1.29, 1.82) is 0 Å². The summed E-state index contributed by atoms with van der Waals surface area (Å²) in [5, 5.41) is 13.9. The zero-order chi connectivity index (χ0) is 15.4. The van der Waals surface area contributed by atoms with Gasteiger partial charge in [-0.15, -0.1) is 0 Å². The summed E-state index contributed by atoms with van der Waals surface area (Å²) in [5.74, 6) is 0.342. The zero-order valence-corrected chi connectivity index (χ0v) is 12.5. The first-order valence-electron chi connectivity index (χ1n) is 7.76. The van der Waals surface area contributed by atoms with E-state index in [4.69, 9.17) is 9.15 Å². The van der Waals surface area contributed by atoms with Crippen molar-refractivity contribution >= 4 is 16.9 Å². The first-order chi connectivity index (χ1) is 10.7. The molecule has 1 aromatic carbocycles. The Morgan fingerprint density at radius 2 is 2.09 bits per heavy atom. The molecule has 0 aliphatic carbocycles. The Morgan fingerprint density at radius 3 is 2.86 bits per heavy atom. The minimum absolute atomic E-state index is 0.240. The average molecular weight is 303 g/mol. The molecule has 0 saturated carbocycles. The molecule has 118 valence electrons. The molecule has 2 aromatic rings. The van der Waals surface area contributed by atoms with Crippen molar-refractivity contribution in [3.63, 3.8) is 0 Å². The van der Waals surface area contributed by atoms with Gasteiger partial charge in [0.2, 0.25) is 0 Å². The Kier molecular flexibility index (Phi) is 4.75. The van der Waals surface area contributed by atoms with Gasteiger partial charge in [0.05, 0.1) is 6.10 Å². The number of aliphatic hydroxyl groups is 1. The lowest BCUT2D eigenvalue weighted by atomic mass is 9.92. The molecule has 1 fully saturated rings. The summed E-state index contributed by atoms with van der Waals surface area (Å²) < 4.78 is 10.8. The van der Waals surface area contributed by atoms with Gasteiger partial charge in [-0.05, 0) is 37.3 Å². The number of hydrogen-bond donors (Lipinski definition) is 2. The fraction of sp³-hybridized carbons (Fsp3) is 0.471. The molecular formula is C17H21NO4. The molecule has 22 heavy (non-hydrogen) atoms. The highest BCUT2D eigenvalue weighted by Gasteiger charge is 2.22. The lowest BCUT2D eigenvalue weighted by Gasteiger charge is -2.26. The van der Waals surface area contributed by atoms with E-state index in [1.807, 2.05) is 24.3 Å². The molecule has 5 nitrogen and oxygen atoms in total. The highest BCUT2D eigenvalue weighted by atomic mass is 16.5. The Balaban J connectivity index is 1.49. The summed E-state index contributed by atoms with van der Waals surface area (Å²) >= 11 is 0. The molecule has 2 N–H and O–H groups in total. The van der Waals surface area contributed by atoms with Crippen LogP contribution in [0.3, 0.4) is 0 Å². The number of amides is 1. The van der Waals surface area contributed by atoms with Crippen molar-refractivity contribution in [3.05, 3.63) is 36.1 Å². The van der Waals surface area contributed by atoms with E-state index in [0.717, 1.165) is 18.2 Å². The second-order valence-corrected chi connectivity index (χ2v) is 5.71. The third-order valence-electron chi connectivity index (χ3n) is 4.19. The van der Waals surface area contributed by atoms with Crippen LogP contribution in [0.25, 0.3) is 11.0 Å². The fourth-order valence-corrected chi connectivity index (χ4v) is 2.85. The van der Waals surface area contributed by atoms with Crippen molar-refractivity contribution in [2.75, 3.05) is 19.8 Å². The molecule has 1 atom stereocenters. The number of nitrogens with one attached hydrogen (secondary N) is 1. The van der Waals surface area contributed by atoms with Crippen LogP contribution in [0.5, 0.6) is 0 Å². The standard InChI is InChI=1S/C17H21NO4/c19-14(12-6-9-21-10-7-12)5-8-18-17(20)16-11-13-3-1-2-4-15(13)22-16/h1-4,11-12,14,19H,5-10H2,(H,18,20). The van der Waals surface area contributed by atoms with Gasteiger partial charge in [-0.25, -0.2) is 0 Å². The lowest BCUT2D eigenvalue weighted by Crippen LogP contribution is -2.32. The molecule has 1 aliphatic rings. The smallest absolute Gasteiger partial charge is 0.287 e. The second-order valence-electron chi connectivity index (χ2n) is 5.71. The van der Waals surface area contributed by atoms with Gasteiger partial charge in [0.1, 0.15) is 5.58 Å². The highest BCUT2D eigenvalue weighted by Crippen LogP contribution is 2.21. The third-order valence-corrected chi connectivity index (χ3v) is 4.19. The SMILES string of the molecule is O=C(NCCC(O)C1CCOCC1)c1cc2ccccc2o1. The number of fused-ring (bicyclic) bond motifs is 1. The van der Waals surface area contributed by atoms with Crippen LogP contribution in [0.2, 0.25) is 0 Å². The van der Waals surface area contributed by atoms with Gasteiger partial charge < -0.3 is 19.6 Å². The summed E-state index contributed by atoms with van der Waals surface area (Å²) in [6, 6.07) is 9.26. The average Bonchev–Trinajstić information content (AvgIpc) is 2.99. The maximum atomic E-state index is 12.1. The van der Waals surface area contributed by atoms with Crippen molar-refractivity contribution in [2.24, 2.45) is 5.92 Å². The predicted octanol–water partition coefficient (Wildman–Crippen LogP) is 2.34. The number of para-hydroxylation sites is 1. The van der Waals surface area contributed by atoms with Crippen LogP contribution < -0.4 is 5.32 Å². The zero-order valence-electron chi connectivity index (χ0n) is 12.5. The van der Waals surface area contributed by atoms with E-state index in [0.29, 0.717) is 37.5 Å². The normalized spacial score (nSPS) is 17.5. The predicted molar refractivity (Wildman–Crippen MR) is 82.7 cm³/mol. The van der Waals surface area contributed by atoms with Crippen LogP contribution in [-0.2, 0) is 4.74 Å². The number of hydrogen-bond acceptors (Lipinski definition) is 4. The monoisotopic (exact) mass is 303 g/mol. The molecule has 1 aliphatic heterocycles. The highest BCUT2D eigenvalue weighted by molar-refractivity contribution is 5.95. The molecule has 2 heterocycles. The van der Waals surface area contributed by atoms with Gasteiger partial charge in [0.25, 0.3) is 5.91 Å². The number of aliphatic hydroxyl groups excluding tert-OH is 1. The molecule has 1 aromatic heterocycles. The summed E-state index contributed by atoms with van der Waals surface area (Å²) in [4.78, 5) is 12.1. The van der Waals surface area contributed by atoms with Crippen LogP contribution in [0.4, 0.5) is 0 Å². The van der Waals surface area contributed by atoms with Crippen molar-refractivity contribution < 1.29 is 19.1 Å². The summed E-state index contributed by atoms with van der Waals surface area (Å²) in [6.07, 6.45) is 1.94. The van der Waals surface area contributed by atoms with Gasteiger partial charge in [-0.1, -0.05) is 18.2 Å². The second kappa shape index (κ2) is 6.94. The van der Waals surface area contributed by atoms with Crippen LogP contribution in [-0.4, -0.2) is 36.9 Å². The third kappa shape index (κ3) is 3.48. The first-order valence-corrected chi connectivity index (χ1v) is 7.76. The number of ether oxygens (including phenoxy) is 1. The number of carbonyl (C=O) groups excluding carboxylic acids is 1. The molecule has 0 radical (unpaired) electrons. The van der Waals surface area contributed by atoms with Crippen molar-refractivity contribution in [3.8, 4) is 0 Å². The van der Waals surface area contributed by atoms with Crippen molar-refractivity contribution in [1.82, 2.24) is 5.32 Å². The van der Waals surface area contributed by atoms with Gasteiger partial charge in [0, 0.05) is 25.1 Å². The van der Waals surface area contributed by atoms with Crippen LogP contribution >= 0.6 is 0 Å². The molecule has 5 heteroatoms. The number of carbonyl (C=O) groups is 1. The molecule has 0 bridgehead atoms. The summed E-state index contributed by atoms with van der Waals surface area (Å²) in [6.45, 7) is 1.87. The Hall–Kier alpha value is -1.85. The number of benzene rings is 1. The Morgan fingerprint density at radius 1 is 1.32 bits per heavy atom. The van der Waals surface area contributed by atoms with E-state index < -0.39 is 0 Å². The summed E-state index contributed by atoms with van der Waals surface area (Å²) in [7, 11) is 0. The van der Waals surface area contributed by atoms with E-state index in [9.17, 15) is 9.90 Å². The largest absolute Gasteiger partial charge is 0.451 e. The minimum atomic E-state index is -0.389. The van der Waals surface area contributed by atoms with Gasteiger partial charge in [0.15, 0.2) is 5.76 Å². The fourth-order valence-electron chi connectivity index (χ4n) is 2.85. The first kappa shape index (κ1) is 15.1. The Labute approximate surface area is 129 Å². The Bertz CT molecular complexity index is 597. The van der Waals surface area contributed by atoms with E-state index in [1.165, 1.54) is 0 Å². The van der Waals surface area contributed by atoms with E-state index in [2.05, 4.69) is 5.32 Å². The molecule has 1 amide bonds. The van der Waals surface area contributed by atoms with Crippen LogP contribution in [0, 0.1) is 5.92 Å². The van der Waals surface area contributed by atoms with Gasteiger partial charge in [-0.3, -0.25) is 4.79 Å². The van der Waals surface area contributed by atoms with E-state index in [1.54, 1.807) is 6.07 Å². The van der Waals surface area contributed by atoms with Crippen LogP contribution in [0.1, 0.15) is 29.8 Å². The maximum absolute atomic E-state index is 12.1. The van der Waals surface area contributed by atoms with E-state index in [-0.39, 0.29) is 17.9 Å².